The number of carboxylic acid groups (broad SMARTS) is 2. The number of hydrogen-bond acceptors (Lipinski definition) is 6. The first-order valence-corrected chi connectivity index (χ1v) is 10.5. The van der Waals surface area contributed by atoms with Crippen LogP contribution in [-0.4, -0.2) is 42.4 Å². The molecule has 1 aliphatic heterocycles. The van der Waals surface area contributed by atoms with E-state index in [4.69, 9.17) is 10.2 Å². The molecule has 0 fully saturated rings. The van der Waals surface area contributed by atoms with Gasteiger partial charge in [0.15, 0.2) is 0 Å². The van der Waals surface area contributed by atoms with Gasteiger partial charge in [0, 0.05) is 0 Å². The number of carbonyl (C=O) groups is 4. The standard InChI is InChI=1S/C22H13NO8S/c24-19-17-10-9-16(32(30,31)15-7-3-13(4-8-15)22(28)29)11-18(17)20(25)23(19)14-5-1-12(2-6-14)21(26)27/h1-11H,(H,26,27)(H,28,29). The fourth-order valence-corrected chi connectivity index (χ4v) is 4.57. The van der Waals surface area contributed by atoms with Crippen LogP contribution in [0.2, 0.25) is 0 Å². The number of carboxylic acids is 2. The number of benzene rings is 3. The van der Waals surface area contributed by atoms with Crippen molar-refractivity contribution >= 4 is 39.3 Å². The van der Waals surface area contributed by atoms with E-state index < -0.39 is 33.6 Å². The lowest BCUT2D eigenvalue weighted by Gasteiger charge is -2.13. The van der Waals surface area contributed by atoms with Gasteiger partial charge in [-0.1, -0.05) is 0 Å². The third kappa shape index (κ3) is 3.32. The van der Waals surface area contributed by atoms with Crippen LogP contribution in [0.15, 0.2) is 76.5 Å². The van der Waals surface area contributed by atoms with E-state index >= 15 is 0 Å². The molecule has 1 heterocycles. The lowest BCUT2D eigenvalue weighted by atomic mass is 10.1. The monoisotopic (exact) mass is 451 g/mol. The summed E-state index contributed by atoms with van der Waals surface area (Å²) in [4.78, 5) is 48.1. The maximum Gasteiger partial charge on any atom is 0.335 e. The van der Waals surface area contributed by atoms with Crippen LogP contribution in [0.25, 0.3) is 0 Å². The smallest absolute Gasteiger partial charge is 0.335 e. The summed E-state index contributed by atoms with van der Waals surface area (Å²) in [6, 6.07) is 13.3. The minimum atomic E-state index is -4.08. The molecule has 9 nitrogen and oxygen atoms in total. The topological polar surface area (TPSA) is 146 Å². The van der Waals surface area contributed by atoms with Gasteiger partial charge >= 0.3 is 11.9 Å². The van der Waals surface area contributed by atoms with Gasteiger partial charge in [-0.05, 0) is 66.7 Å². The van der Waals surface area contributed by atoms with Crippen LogP contribution < -0.4 is 4.90 Å². The van der Waals surface area contributed by atoms with E-state index in [1.807, 2.05) is 0 Å². The van der Waals surface area contributed by atoms with Crippen molar-refractivity contribution in [2.75, 3.05) is 4.90 Å². The maximum absolute atomic E-state index is 12.9. The van der Waals surface area contributed by atoms with Crippen molar-refractivity contribution in [3.8, 4) is 0 Å². The summed E-state index contributed by atoms with van der Waals surface area (Å²) in [6.07, 6.45) is 0. The Balaban J connectivity index is 1.71. The van der Waals surface area contributed by atoms with Gasteiger partial charge in [-0.15, -0.1) is 0 Å². The molecule has 3 aromatic carbocycles. The van der Waals surface area contributed by atoms with Crippen LogP contribution >= 0.6 is 0 Å². The first-order chi connectivity index (χ1) is 15.1. The molecule has 32 heavy (non-hydrogen) atoms. The summed E-state index contributed by atoms with van der Waals surface area (Å²) in [5.41, 5.74) is -0.0520. The molecular weight excluding hydrogens is 438 g/mol. The normalized spacial score (nSPS) is 13.2. The summed E-state index contributed by atoms with van der Waals surface area (Å²) in [7, 11) is -4.08. The van der Waals surface area contributed by atoms with E-state index in [9.17, 15) is 27.6 Å². The van der Waals surface area contributed by atoms with E-state index in [2.05, 4.69) is 0 Å². The van der Waals surface area contributed by atoms with Crippen molar-refractivity contribution in [3.05, 3.63) is 89.0 Å². The summed E-state index contributed by atoms with van der Waals surface area (Å²) in [5.74, 6) is -3.77. The first kappa shape index (κ1) is 20.9. The molecule has 2 amide bonds. The van der Waals surface area contributed by atoms with Gasteiger partial charge in [-0.3, -0.25) is 9.59 Å². The average Bonchev–Trinajstić information content (AvgIpc) is 3.03. The van der Waals surface area contributed by atoms with E-state index in [1.165, 1.54) is 36.4 Å². The van der Waals surface area contributed by atoms with Crippen LogP contribution in [-0.2, 0) is 9.84 Å². The quantitative estimate of drug-likeness (QED) is 0.563. The second-order valence-electron chi connectivity index (χ2n) is 6.84. The third-order valence-corrected chi connectivity index (χ3v) is 6.72. The number of aromatic carboxylic acids is 2. The fraction of sp³-hybridized carbons (Fsp3) is 0. The Morgan fingerprint density at radius 1 is 0.656 bits per heavy atom. The second kappa shape index (κ2) is 7.43. The Hall–Kier alpha value is -4.31. The van der Waals surface area contributed by atoms with Gasteiger partial charge in [0.2, 0.25) is 9.84 Å². The highest BCUT2D eigenvalue weighted by Crippen LogP contribution is 2.31. The molecule has 0 saturated heterocycles. The largest absolute Gasteiger partial charge is 0.478 e. The maximum atomic E-state index is 12.9. The summed E-state index contributed by atoms with van der Waals surface area (Å²) < 4.78 is 25.9. The summed E-state index contributed by atoms with van der Waals surface area (Å²) >= 11 is 0. The van der Waals surface area contributed by atoms with Crippen molar-refractivity contribution in [1.82, 2.24) is 0 Å². The van der Waals surface area contributed by atoms with Crippen molar-refractivity contribution in [3.63, 3.8) is 0 Å². The minimum Gasteiger partial charge on any atom is -0.478 e. The molecule has 1 aliphatic rings. The van der Waals surface area contributed by atoms with Crippen molar-refractivity contribution in [1.29, 1.82) is 0 Å². The predicted octanol–water partition coefficient (Wildman–Crippen LogP) is 2.72. The minimum absolute atomic E-state index is 0.0116. The third-order valence-electron chi connectivity index (χ3n) is 4.95. The highest BCUT2D eigenvalue weighted by atomic mass is 32.2. The Kier molecular flexibility index (Phi) is 4.86. The first-order valence-electron chi connectivity index (χ1n) is 9.06. The van der Waals surface area contributed by atoms with E-state index in [0.29, 0.717) is 0 Å². The number of sulfone groups is 1. The lowest BCUT2D eigenvalue weighted by molar-refractivity contribution is 0.0686. The number of rotatable bonds is 5. The Bertz CT molecular complexity index is 1410. The van der Waals surface area contributed by atoms with Gasteiger partial charge < -0.3 is 10.2 Å². The Labute approximate surface area is 181 Å². The van der Waals surface area contributed by atoms with Crippen molar-refractivity contribution < 1.29 is 37.8 Å². The molecule has 0 radical (unpaired) electrons. The molecule has 10 heteroatoms. The highest BCUT2D eigenvalue weighted by Gasteiger charge is 2.37. The highest BCUT2D eigenvalue weighted by molar-refractivity contribution is 7.91. The molecule has 3 aromatic rings. The van der Waals surface area contributed by atoms with E-state index in [-0.39, 0.29) is 37.7 Å². The number of carbonyl (C=O) groups excluding carboxylic acids is 2. The zero-order chi connectivity index (χ0) is 23.2. The average molecular weight is 451 g/mol. The number of anilines is 1. The molecule has 0 atom stereocenters. The SMILES string of the molecule is O=C(O)c1ccc(N2C(=O)c3ccc(S(=O)(=O)c4ccc(C(=O)O)cc4)cc3C2=O)cc1. The summed E-state index contributed by atoms with van der Waals surface area (Å²) in [5, 5.41) is 18.0. The Morgan fingerprint density at radius 2 is 1.12 bits per heavy atom. The molecule has 0 aromatic heterocycles. The molecule has 0 unspecified atom stereocenters. The molecule has 160 valence electrons. The zero-order valence-electron chi connectivity index (χ0n) is 16.1. The van der Waals surface area contributed by atoms with Crippen LogP contribution in [0.1, 0.15) is 41.4 Å². The van der Waals surface area contributed by atoms with E-state index in [1.54, 1.807) is 0 Å². The van der Waals surface area contributed by atoms with Crippen LogP contribution in [0.5, 0.6) is 0 Å². The predicted molar refractivity (Wildman–Crippen MR) is 110 cm³/mol. The summed E-state index contributed by atoms with van der Waals surface area (Å²) in [6.45, 7) is 0. The van der Waals surface area contributed by atoms with E-state index in [0.717, 1.165) is 35.2 Å². The van der Waals surface area contributed by atoms with Crippen LogP contribution in [0.3, 0.4) is 0 Å². The number of hydrogen-bond donors (Lipinski definition) is 2. The molecule has 4 rings (SSSR count). The molecular formula is C22H13NO8S. The van der Waals surface area contributed by atoms with Gasteiger partial charge in [0.1, 0.15) is 0 Å². The van der Waals surface area contributed by atoms with Gasteiger partial charge in [-0.25, -0.2) is 22.9 Å². The molecule has 0 spiro atoms. The van der Waals surface area contributed by atoms with Crippen molar-refractivity contribution in [2.45, 2.75) is 9.79 Å². The van der Waals surface area contributed by atoms with Crippen LogP contribution in [0, 0.1) is 0 Å². The molecule has 0 saturated carbocycles. The molecule has 2 N–H and O–H groups in total. The van der Waals surface area contributed by atoms with Crippen LogP contribution in [0.4, 0.5) is 5.69 Å². The van der Waals surface area contributed by atoms with Gasteiger partial charge in [-0.2, -0.15) is 0 Å². The molecule has 0 bridgehead atoms. The lowest BCUT2D eigenvalue weighted by Crippen LogP contribution is -2.29. The Morgan fingerprint density at radius 3 is 1.66 bits per heavy atom. The number of fused-ring (bicyclic) bond motifs is 1. The number of imide groups is 1. The van der Waals surface area contributed by atoms with Gasteiger partial charge in [0.25, 0.3) is 11.8 Å². The fourth-order valence-electron chi connectivity index (χ4n) is 3.29. The second-order valence-corrected chi connectivity index (χ2v) is 8.79. The molecule has 0 aliphatic carbocycles. The number of nitrogens with zero attached hydrogens (tertiary/aromatic N) is 1. The van der Waals surface area contributed by atoms with Gasteiger partial charge in [0.05, 0.1) is 37.7 Å². The van der Waals surface area contributed by atoms with Crippen molar-refractivity contribution in [2.24, 2.45) is 0 Å². The number of amides is 2. The zero-order valence-corrected chi connectivity index (χ0v) is 16.9.